The summed E-state index contributed by atoms with van der Waals surface area (Å²) >= 11 is 0. The monoisotopic (exact) mass is 265 g/mol. The Morgan fingerprint density at radius 1 is 1.21 bits per heavy atom. The number of nitro benzene ring substituents is 1. The summed E-state index contributed by atoms with van der Waals surface area (Å²) in [7, 11) is 0. The zero-order chi connectivity index (χ0) is 14.6. The Balaban J connectivity index is 2.74. The van der Waals surface area contributed by atoms with Gasteiger partial charge in [0.1, 0.15) is 0 Å². The van der Waals surface area contributed by atoms with Gasteiger partial charge in [0.25, 0.3) is 5.69 Å². The van der Waals surface area contributed by atoms with Gasteiger partial charge in [0.05, 0.1) is 4.92 Å². The molecule has 0 aliphatic carbocycles. The van der Waals surface area contributed by atoms with Crippen molar-refractivity contribution >= 4 is 23.2 Å². The predicted octanol–water partition coefficient (Wildman–Crippen LogP) is 1.45. The van der Waals surface area contributed by atoms with Crippen molar-refractivity contribution in [3.05, 3.63) is 34.4 Å². The lowest BCUT2D eigenvalue weighted by Crippen LogP contribution is -2.46. The van der Waals surface area contributed by atoms with Crippen molar-refractivity contribution in [2.75, 3.05) is 5.32 Å². The zero-order valence-electron chi connectivity index (χ0n) is 10.9. The molecular formula is C12H15N3O4. The van der Waals surface area contributed by atoms with Crippen molar-refractivity contribution < 1.29 is 14.5 Å². The molecule has 2 N–H and O–H groups in total. The number of nitro groups is 1. The van der Waals surface area contributed by atoms with Gasteiger partial charge in [-0.05, 0) is 26.8 Å². The topological polar surface area (TPSA) is 101 Å². The molecule has 0 saturated carbocycles. The third-order valence-electron chi connectivity index (χ3n) is 2.01. The Kier molecular flexibility index (Phi) is 4.21. The molecule has 0 bridgehead atoms. The minimum absolute atomic E-state index is 0.158. The van der Waals surface area contributed by atoms with Gasteiger partial charge in [0, 0.05) is 23.4 Å². The molecule has 0 aromatic heterocycles. The molecule has 1 aromatic carbocycles. The van der Waals surface area contributed by atoms with Crippen LogP contribution in [0.1, 0.15) is 20.8 Å². The van der Waals surface area contributed by atoms with Crippen LogP contribution in [-0.2, 0) is 9.59 Å². The molecule has 0 aliphatic heterocycles. The second kappa shape index (κ2) is 5.47. The van der Waals surface area contributed by atoms with Crippen LogP contribution in [0.2, 0.25) is 0 Å². The number of carbonyl (C=O) groups is 2. The van der Waals surface area contributed by atoms with Gasteiger partial charge in [-0.3, -0.25) is 19.7 Å². The van der Waals surface area contributed by atoms with Crippen molar-refractivity contribution in [3.8, 4) is 0 Å². The molecule has 0 aliphatic rings. The van der Waals surface area contributed by atoms with Gasteiger partial charge in [-0.2, -0.15) is 0 Å². The maximum Gasteiger partial charge on any atom is 0.313 e. The van der Waals surface area contributed by atoms with Gasteiger partial charge in [-0.25, -0.2) is 0 Å². The molecule has 1 rings (SSSR count). The maximum atomic E-state index is 11.6. The number of anilines is 1. The number of nitrogens with one attached hydrogen (secondary N) is 2. The Labute approximate surface area is 110 Å². The predicted molar refractivity (Wildman–Crippen MR) is 69.6 cm³/mol. The second-order valence-electron chi connectivity index (χ2n) is 4.97. The maximum absolute atomic E-state index is 11.6. The average Bonchev–Trinajstić information content (AvgIpc) is 2.27. The van der Waals surface area contributed by atoms with E-state index in [1.165, 1.54) is 24.3 Å². The van der Waals surface area contributed by atoms with Crippen LogP contribution in [-0.4, -0.2) is 22.3 Å². The summed E-state index contributed by atoms with van der Waals surface area (Å²) in [6.45, 7) is 5.22. The Morgan fingerprint density at radius 2 is 1.84 bits per heavy atom. The van der Waals surface area contributed by atoms with E-state index in [0.29, 0.717) is 0 Å². The molecule has 7 heteroatoms. The van der Waals surface area contributed by atoms with E-state index in [1.54, 1.807) is 20.8 Å². The van der Waals surface area contributed by atoms with E-state index in [4.69, 9.17) is 0 Å². The minimum Gasteiger partial charge on any atom is -0.343 e. The quantitative estimate of drug-likeness (QED) is 0.480. The number of rotatable bonds is 2. The molecule has 0 radical (unpaired) electrons. The van der Waals surface area contributed by atoms with Gasteiger partial charge in [0.2, 0.25) is 0 Å². The van der Waals surface area contributed by atoms with Gasteiger partial charge < -0.3 is 10.6 Å². The lowest BCUT2D eigenvalue weighted by Gasteiger charge is -2.19. The number of amides is 2. The minimum atomic E-state index is -0.865. The number of non-ortho nitro benzene ring substituents is 1. The van der Waals surface area contributed by atoms with Crippen LogP contribution < -0.4 is 10.6 Å². The molecule has 0 fully saturated rings. The van der Waals surface area contributed by atoms with E-state index in [1.807, 2.05) is 0 Å². The molecule has 0 spiro atoms. The lowest BCUT2D eigenvalue weighted by molar-refractivity contribution is -0.384. The second-order valence-corrected chi connectivity index (χ2v) is 4.97. The van der Waals surface area contributed by atoms with Gasteiger partial charge in [-0.1, -0.05) is 6.07 Å². The van der Waals surface area contributed by atoms with Crippen molar-refractivity contribution in [2.45, 2.75) is 26.3 Å². The summed E-state index contributed by atoms with van der Waals surface area (Å²) in [5.74, 6) is -1.66. The number of hydrogen-bond donors (Lipinski definition) is 2. The molecule has 0 saturated heterocycles. The van der Waals surface area contributed by atoms with Gasteiger partial charge in [0.15, 0.2) is 0 Å². The lowest BCUT2D eigenvalue weighted by atomic mass is 10.1. The van der Waals surface area contributed by atoms with E-state index in [-0.39, 0.29) is 11.4 Å². The van der Waals surface area contributed by atoms with Crippen LogP contribution in [0.15, 0.2) is 24.3 Å². The molecule has 0 heterocycles. The average molecular weight is 265 g/mol. The van der Waals surface area contributed by atoms with E-state index >= 15 is 0 Å². The standard InChI is InChI=1S/C12H15N3O4/c1-12(2,3)14-11(17)10(16)13-8-5-4-6-9(7-8)15(18)19/h4-7H,1-3H3,(H,13,16)(H,14,17). The first-order chi connectivity index (χ1) is 8.69. The summed E-state index contributed by atoms with van der Waals surface area (Å²) in [4.78, 5) is 33.1. The Hall–Kier alpha value is -2.44. The largest absolute Gasteiger partial charge is 0.343 e. The van der Waals surface area contributed by atoms with Gasteiger partial charge in [-0.15, -0.1) is 0 Å². The summed E-state index contributed by atoms with van der Waals surface area (Å²) in [5.41, 5.74) is -0.491. The van der Waals surface area contributed by atoms with Crippen LogP contribution in [0.25, 0.3) is 0 Å². The van der Waals surface area contributed by atoms with Crippen molar-refractivity contribution in [1.29, 1.82) is 0 Å². The fraction of sp³-hybridized carbons (Fsp3) is 0.333. The summed E-state index contributed by atoms with van der Waals surface area (Å²) < 4.78 is 0. The highest BCUT2D eigenvalue weighted by atomic mass is 16.6. The third-order valence-corrected chi connectivity index (χ3v) is 2.01. The van der Waals surface area contributed by atoms with Crippen molar-refractivity contribution in [1.82, 2.24) is 5.32 Å². The first kappa shape index (κ1) is 14.6. The van der Waals surface area contributed by atoms with Crippen LogP contribution >= 0.6 is 0 Å². The van der Waals surface area contributed by atoms with Crippen molar-refractivity contribution in [2.24, 2.45) is 0 Å². The SMILES string of the molecule is CC(C)(C)NC(=O)C(=O)Nc1cccc([N+](=O)[O-])c1. The highest BCUT2D eigenvalue weighted by Crippen LogP contribution is 2.16. The molecule has 7 nitrogen and oxygen atoms in total. The highest BCUT2D eigenvalue weighted by molar-refractivity contribution is 6.39. The highest BCUT2D eigenvalue weighted by Gasteiger charge is 2.20. The zero-order valence-corrected chi connectivity index (χ0v) is 10.9. The van der Waals surface area contributed by atoms with E-state index < -0.39 is 22.3 Å². The van der Waals surface area contributed by atoms with E-state index in [2.05, 4.69) is 10.6 Å². The molecule has 2 amide bonds. The first-order valence-corrected chi connectivity index (χ1v) is 5.57. The normalized spacial score (nSPS) is 10.7. The van der Waals surface area contributed by atoms with Crippen molar-refractivity contribution in [3.63, 3.8) is 0 Å². The molecular weight excluding hydrogens is 250 g/mol. The number of carbonyl (C=O) groups excluding carboxylic acids is 2. The smallest absolute Gasteiger partial charge is 0.313 e. The van der Waals surface area contributed by atoms with E-state index in [9.17, 15) is 19.7 Å². The number of hydrogen-bond acceptors (Lipinski definition) is 4. The number of benzene rings is 1. The molecule has 0 unspecified atom stereocenters. The third kappa shape index (κ3) is 4.74. The fourth-order valence-corrected chi connectivity index (χ4v) is 1.28. The van der Waals surface area contributed by atoms with Gasteiger partial charge >= 0.3 is 11.8 Å². The first-order valence-electron chi connectivity index (χ1n) is 5.57. The van der Waals surface area contributed by atoms with Crippen LogP contribution in [0.5, 0.6) is 0 Å². The summed E-state index contributed by atoms with van der Waals surface area (Å²) in [6.07, 6.45) is 0. The van der Waals surface area contributed by atoms with Crippen LogP contribution in [0.4, 0.5) is 11.4 Å². The molecule has 0 atom stereocenters. The summed E-state index contributed by atoms with van der Waals surface area (Å²) in [6, 6.07) is 5.37. The molecule has 1 aromatic rings. The van der Waals surface area contributed by atoms with Crippen LogP contribution in [0.3, 0.4) is 0 Å². The molecule has 102 valence electrons. The van der Waals surface area contributed by atoms with E-state index in [0.717, 1.165) is 0 Å². The molecule has 19 heavy (non-hydrogen) atoms. The van der Waals surface area contributed by atoms with Crippen LogP contribution in [0, 0.1) is 10.1 Å². The fourth-order valence-electron chi connectivity index (χ4n) is 1.28. The summed E-state index contributed by atoms with van der Waals surface area (Å²) in [5, 5.41) is 15.4. The Morgan fingerprint density at radius 3 is 2.37 bits per heavy atom. The number of nitrogens with zero attached hydrogens (tertiary/aromatic N) is 1. The Bertz CT molecular complexity index is 520.